The van der Waals surface area contributed by atoms with E-state index in [-0.39, 0.29) is 16.2 Å². The van der Waals surface area contributed by atoms with Crippen LogP contribution in [0.3, 0.4) is 0 Å². The second-order valence-corrected chi connectivity index (χ2v) is 20.3. The Hall–Kier alpha value is -6.32. The lowest BCUT2D eigenvalue weighted by molar-refractivity contribution is 0.332. The number of hydrogen-bond donors (Lipinski definition) is 0. The molecule has 12 rings (SSSR count). The first kappa shape index (κ1) is 37.4. The van der Waals surface area contributed by atoms with Gasteiger partial charge in [-0.3, -0.25) is 0 Å². The molecule has 3 heteroatoms. The molecule has 4 aliphatic carbocycles. The van der Waals surface area contributed by atoms with Crippen molar-refractivity contribution >= 4 is 44.2 Å². The average Bonchev–Trinajstić information content (AvgIpc) is 3.73. The van der Waals surface area contributed by atoms with E-state index in [0.29, 0.717) is 0 Å². The summed E-state index contributed by atoms with van der Waals surface area (Å²) in [4.78, 5) is 11.0. The molecule has 0 saturated carbocycles. The van der Waals surface area contributed by atoms with Crippen LogP contribution in [0.5, 0.6) is 0 Å². The number of hydrogen-bond acceptors (Lipinski definition) is 2. The Morgan fingerprint density at radius 3 is 1.98 bits per heavy atom. The van der Waals surface area contributed by atoms with Gasteiger partial charge in [0.05, 0.1) is 22.4 Å². The highest BCUT2D eigenvalue weighted by Gasteiger charge is 2.39. The van der Waals surface area contributed by atoms with E-state index >= 15 is 0 Å². The summed E-state index contributed by atoms with van der Waals surface area (Å²) in [5.74, 6) is 0.762. The highest BCUT2D eigenvalue weighted by atomic mass is 15.0. The van der Waals surface area contributed by atoms with Crippen molar-refractivity contribution in [2.45, 2.75) is 96.3 Å². The lowest BCUT2D eigenvalue weighted by Crippen LogP contribution is -2.33. The van der Waals surface area contributed by atoms with Crippen molar-refractivity contribution in [3.63, 3.8) is 0 Å². The summed E-state index contributed by atoms with van der Waals surface area (Å²) < 4.78 is 2.56. The second kappa shape index (κ2) is 13.3. The van der Waals surface area contributed by atoms with Crippen LogP contribution in [-0.2, 0) is 22.7 Å². The van der Waals surface area contributed by atoms with E-state index in [4.69, 9.17) is 9.97 Å². The molecule has 0 atom stereocenters. The van der Waals surface area contributed by atoms with Crippen molar-refractivity contribution in [3.8, 4) is 39.6 Å². The van der Waals surface area contributed by atoms with Gasteiger partial charge in [0.25, 0.3) is 0 Å². The number of rotatable bonds is 4. The van der Waals surface area contributed by atoms with Gasteiger partial charge in [0.2, 0.25) is 0 Å². The molecule has 0 saturated heterocycles. The number of nitrogens with zero attached hydrogens (tertiary/aromatic N) is 3. The quantitative estimate of drug-likeness (QED) is 0.177. The summed E-state index contributed by atoms with van der Waals surface area (Å²) in [5.41, 5.74) is 20.3. The predicted molar refractivity (Wildman–Crippen MR) is 261 cm³/mol. The molecule has 62 heavy (non-hydrogen) atoms. The lowest BCUT2D eigenvalue weighted by atomic mass is 9.63. The zero-order valence-corrected chi connectivity index (χ0v) is 36.9. The maximum atomic E-state index is 5.57. The van der Waals surface area contributed by atoms with E-state index in [1.807, 2.05) is 0 Å². The van der Waals surface area contributed by atoms with Crippen molar-refractivity contribution in [3.05, 3.63) is 172 Å². The van der Waals surface area contributed by atoms with E-state index in [9.17, 15) is 0 Å². The van der Waals surface area contributed by atoms with E-state index < -0.39 is 0 Å². The molecule has 6 aromatic carbocycles. The van der Waals surface area contributed by atoms with Gasteiger partial charge >= 0.3 is 0 Å². The molecule has 0 amide bonds. The molecule has 2 aromatic heterocycles. The van der Waals surface area contributed by atoms with Crippen LogP contribution in [0.1, 0.15) is 107 Å². The molecule has 0 fully saturated rings. The van der Waals surface area contributed by atoms with Crippen LogP contribution >= 0.6 is 0 Å². The third-order valence-corrected chi connectivity index (χ3v) is 15.2. The molecule has 0 unspecified atom stereocenters. The third kappa shape index (κ3) is 5.63. The fraction of sp³-hybridized carbons (Fsp3) is 0.254. The smallest absolute Gasteiger partial charge is 0.161 e. The molecule has 4 aliphatic rings. The molecule has 0 bridgehead atoms. The average molecular weight is 804 g/mol. The molecule has 0 N–H and O–H groups in total. The molecule has 0 radical (unpaired) electrons. The Balaban J connectivity index is 1.12. The van der Waals surface area contributed by atoms with E-state index in [2.05, 4.69) is 186 Å². The zero-order chi connectivity index (χ0) is 42.1. The first-order valence-corrected chi connectivity index (χ1v) is 22.8. The minimum absolute atomic E-state index is 0.0637. The molecular formula is C59H53N3. The van der Waals surface area contributed by atoms with Crippen LogP contribution in [0.2, 0.25) is 0 Å². The van der Waals surface area contributed by atoms with Crippen LogP contribution in [0.25, 0.3) is 83.8 Å². The van der Waals surface area contributed by atoms with Crippen molar-refractivity contribution in [1.29, 1.82) is 0 Å². The maximum Gasteiger partial charge on any atom is 0.161 e. The van der Waals surface area contributed by atoms with Gasteiger partial charge in [-0.25, -0.2) is 9.97 Å². The van der Waals surface area contributed by atoms with Crippen molar-refractivity contribution in [1.82, 2.24) is 14.5 Å². The number of allylic oxidation sites excluding steroid dienone is 5. The molecule has 304 valence electrons. The van der Waals surface area contributed by atoms with Crippen LogP contribution in [-0.4, -0.2) is 14.5 Å². The van der Waals surface area contributed by atoms with Gasteiger partial charge in [-0.1, -0.05) is 133 Å². The van der Waals surface area contributed by atoms with E-state index in [0.717, 1.165) is 65.3 Å². The highest BCUT2D eigenvalue weighted by Crippen LogP contribution is 2.52. The van der Waals surface area contributed by atoms with Gasteiger partial charge in [0.1, 0.15) is 0 Å². The van der Waals surface area contributed by atoms with Crippen molar-refractivity contribution in [2.24, 2.45) is 0 Å². The molecular weight excluding hydrogens is 751 g/mol. The summed E-state index contributed by atoms with van der Waals surface area (Å²) in [6.07, 6.45) is 15.9. The minimum atomic E-state index is -0.0637. The van der Waals surface area contributed by atoms with E-state index in [1.165, 1.54) is 89.9 Å². The van der Waals surface area contributed by atoms with Crippen molar-refractivity contribution in [2.75, 3.05) is 0 Å². The highest BCUT2D eigenvalue weighted by molar-refractivity contribution is 6.14. The van der Waals surface area contributed by atoms with Gasteiger partial charge in [-0.2, -0.15) is 0 Å². The van der Waals surface area contributed by atoms with Gasteiger partial charge in [-0.15, -0.1) is 0 Å². The summed E-state index contributed by atoms with van der Waals surface area (Å²) >= 11 is 0. The second-order valence-electron chi connectivity index (χ2n) is 20.3. The van der Waals surface area contributed by atoms with Gasteiger partial charge < -0.3 is 4.57 Å². The van der Waals surface area contributed by atoms with Crippen LogP contribution in [0.4, 0.5) is 0 Å². The number of aromatic nitrogens is 3. The Labute approximate surface area is 365 Å². The number of fused-ring (bicyclic) bond motifs is 8. The normalized spacial score (nSPS) is 18.0. The summed E-state index contributed by atoms with van der Waals surface area (Å²) in [5, 5.41) is 5.15. The standard InChI is InChI=1S/C59H53N3/c1-57(2)26-27-58(3,4)51-34-55-46(33-50(51)57)45-29-37-18-10-11-19-38(37)31-54(45)62(55)41-28-39-20-12-13-21-42(39)47(32-41)56-60-52(36-16-8-7-9-17-36)35-53(61-56)40-24-25-44-43-22-14-15-23-48(43)59(5,6)49(44)30-40/h7-11,13,15-19,21,23-25,28-35H,12,14,20,22,26-27H2,1-6H3. The Morgan fingerprint density at radius 1 is 0.532 bits per heavy atom. The number of aryl methyl sites for hydroxylation is 1. The molecule has 2 heterocycles. The van der Waals surface area contributed by atoms with Gasteiger partial charge in [0.15, 0.2) is 5.82 Å². The Morgan fingerprint density at radius 2 is 1.19 bits per heavy atom. The third-order valence-electron chi connectivity index (χ3n) is 15.2. The van der Waals surface area contributed by atoms with Crippen molar-refractivity contribution < 1.29 is 0 Å². The monoisotopic (exact) mass is 803 g/mol. The molecule has 0 aliphatic heterocycles. The van der Waals surface area contributed by atoms with E-state index in [1.54, 1.807) is 0 Å². The maximum absolute atomic E-state index is 5.57. The van der Waals surface area contributed by atoms with Crippen LogP contribution in [0.15, 0.2) is 139 Å². The molecule has 3 nitrogen and oxygen atoms in total. The first-order chi connectivity index (χ1) is 29.9. The van der Waals surface area contributed by atoms with Crippen LogP contribution in [0, 0.1) is 0 Å². The summed E-state index contributed by atoms with van der Waals surface area (Å²) in [6, 6.07) is 43.5. The van der Waals surface area contributed by atoms with Crippen LogP contribution < -0.4 is 0 Å². The predicted octanol–water partition coefficient (Wildman–Crippen LogP) is 15.4. The lowest BCUT2D eigenvalue weighted by Gasteiger charge is -2.42. The summed E-state index contributed by atoms with van der Waals surface area (Å²) in [6.45, 7) is 14.5. The first-order valence-electron chi connectivity index (χ1n) is 22.8. The molecule has 0 spiro atoms. The van der Waals surface area contributed by atoms with Gasteiger partial charge in [-0.05, 0) is 153 Å². The Bertz CT molecular complexity index is 3310. The Kier molecular flexibility index (Phi) is 8.06. The zero-order valence-electron chi connectivity index (χ0n) is 36.9. The summed E-state index contributed by atoms with van der Waals surface area (Å²) in [7, 11) is 0. The fourth-order valence-electron chi connectivity index (χ4n) is 11.5. The number of benzene rings is 6. The minimum Gasteiger partial charge on any atom is -0.309 e. The fourth-order valence-corrected chi connectivity index (χ4v) is 11.5. The topological polar surface area (TPSA) is 30.7 Å². The van der Waals surface area contributed by atoms with Gasteiger partial charge in [0, 0.05) is 38.6 Å². The largest absolute Gasteiger partial charge is 0.309 e. The SMILES string of the molecule is CC1(C)CCC(C)(C)c2cc3c(cc21)c1cc2ccccc2cc1n3-c1cc2c(c(-c3nc(-c4ccccc4)cc(-c4ccc5c(c4)C(C)(C)C4=C5CCC=C4)n3)c1)C=CCC2. The molecule has 8 aromatic rings.